The van der Waals surface area contributed by atoms with E-state index in [4.69, 9.17) is 5.73 Å². The molecule has 0 saturated heterocycles. The van der Waals surface area contributed by atoms with Crippen LogP contribution in [-0.2, 0) is 22.9 Å². The molecule has 1 aromatic carbocycles. The van der Waals surface area contributed by atoms with Gasteiger partial charge in [0.15, 0.2) is 0 Å². The molecule has 6 heteroatoms. The maximum atomic E-state index is 12.3. The highest BCUT2D eigenvalue weighted by Crippen LogP contribution is 2.23. The second-order valence-corrected chi connectivity index (χ2v) is 6.63. The lowest BCUT2D eigenvalue weighted by Gasteiger charge is -2.12. The van der Waals surface area contributed by atoms with Gasteiger partial charge in [-0.25, -0.2) is 18.1 Å². The highest BCUT2D eigenvalue weighted by atomic mass is 32.2. The predicted molar refractivity (Wildman–Crippen MR) is 76.6 cm³/mol. The zero-order valence-corrected chi connectivity index (χ0v) is 11.6. The van der Waals surface area contributed by atoms with Crippen LogP contribution in [0.25, 0.3) is 0 Å². The summed E-state index contributed by atoms with van der Waals surface area (Å²) in [5.74, 6) is 0.303. The highest BCUT2D eigenvalue weighted by Gasteiger charge is 2.26. The molecular formula is C14H15N3O2S. The summed E-state index contributed by atoms with van der Waals surface area (Å²) in [6.45, 7) is 0. The van der Waals surface area contributed by atoms with Crippen molar-refractivity contribution >= 4 is 15.8 Å². The number of hydrogen-bond acceptors (Lipinski definition) is 4. The van der Waals surface area contributed by atoms with Crippen molar-refractivity contribution in [3.63, 3.8) is 0 Å². The lowest BCUT2D eigenvalue weighted by atomic mass is 10.1. The molecule has 0 atom stereocenters. The molecule has 3 rings (SSSR count). The number of aromatic nitrogens is 1. The summed E-state index contributed by atoms with van der Waals surface area (Å²) >= 11 is 0. The van der Waals surface area contributed by atoms with E-state index in [-0.39, 0.29) is 10.9 Å². The van der Waals surface area contributed by atoms with E-state index in [9.17, 15) is 8.42 Å². The van der Waals surface area contributed by atoms with E-state index in [0.29, 0.717) is 5.82 Å². The van der Waals surface area contributed by atoms with E-state index in [1.54, 1.807) is 0 Å². The molecule has 1 aliphatic carbocycles. The lowest BCUT2D eigenvalue weighted by Crippen LogP contribution is -2.35. The fourth-order valence-electron chi connectivity index (χ4n) is 2.48. The van der Waals surface area contributed by atoms with Crippen molar-refractivity contribution < 1.29 is 8.42 Å². The first kappa shape index (κ1) is 13.1. The second kappa shape index (κ2) is 4.88. The minimum Gasteiger partial charge on any atom is -0.384 e. The molecule has 0 unspecified atom stereocenters. The molecule has 20 heavy (non-hydrogen) atoms. The third-order valence-corrected chi connectivity index (χ3v) is 4.95. The average molecular weight is 289 g/mol. The smallest absolute Gasteiger partial charge is 0.242 e. The van der Waals surface area contributed by atoms with Gasteiger partial charge in [0.05, 0.1) is 0 Å². The van der Waals surface area contributed by atoms with Gasteiger partial charge in [-0.3, -0.25) is 0 Å². The molecule has 0 fully saturated rings. The summed E-state index contributed by atoms with van der Waals surface area (Å²) in [5.41, 5.74) is 7.87. The molecule has 0 bridgehead atoms. The quantitative estimate of drug-likeness (QED) is 0.886. The van der Waals surface area contributed by atoms with Gasteiger partial charge in [0.1, 0.15) is 10.7 Å². The average Bonchev–Trinajstić information content (AvgIpc) is 2.80. The lowest BCUT2D eigenvalue weighted by molar-refractivity contribution is 0.555. The Morgan fingerprint density at radius 3 is 2.30 bits per heavy atom. The summed E-state index contributed by atoms with van der Waals surface area (Å²) in [7, 11) is -3.55. The minimum atomic E-state index is -3.55. The largest absolute Gasteiger partial charge is 0.384 e. The Kier molecular flexibility index (Phi) is 3.19. The standard InChI is InChI=1S/C14H15N3O2S/c15-14-6-5-13(9-16-14)20(18,19)17-12-7-10-3-1-2-4-11(10)8-12/h1-6,9,12,17H,7-8H2,(H2,15,16). The molecule has 5 nitrogen and oxygen atoms in total. The number of nitrogens with two attached hydrogens (primary N) is 1. The Hall–Kier alpha value is -1.92. The molecule has 0 amide bonds. The monoisotopic (exact) mass is 289 g/mol. The van der Waals surface area contributed by atoms with Crippen molar-refractivity contribution in [1.29, 1.82) is 0 Å². The van der Waals surface area contributed by atoms with Crippen LogP contribution in [0.3, 0.4) is 0 Å². The van der Waals surface area contributed by atoms with Crippen LogP contribution in [0.4, 0.5) is 5.82 Å². The normalized spacial score (nSPS) is 15.2. The van der Waals surface area contributed by atoms with Gasteiger partial charge in [0, 0.05) is 12.2 Å². The van der Waals surface area contributed by atoms with Crippen LogP contribution in [0.2, 0.25) is 0 Å². The van der Waals surface area contributed by atoms with Gasteiger partial charge in [-0.15, -0.1) is 0 Å². The van der Waals surface area contributed by atoms with E-state index in [1.165, 1.54) is 29.5 Å². The number of nitrogens with one attached hydrogen (secondary N) is 1. The molecule has 0 spiro atoms. The zero-order chi connectivity index (χ0) is 14.2. The summed E-state index contributed by atoms with van der Waals surface area (Å²) in [6, 6.07) is 10.9. The van der Waals surface area contributed by atoms with Gasteiger partial charge in [-0.1, -0.05) is 24.3 Å². The van der Waals surface area contributed by atoms with Crippen LogP contribution in [0.5, 0.6) is 0 Å². The van der Waals surface area contributed by atoms with Gasteiger partial charge in [-0.05, 0) is 36.1 Å². The van der Waals surface area contributed by atoms with Gasteiger partial charge >= 0.3 is 0 Å². The van der Waals surface area contributed by atoms with E-state index in [0.717, 1.165) is 12.8 Å². The Morgan fingerprint density at radius 2 is 1.75 bits per heavy atom. The number of nitrogen functional groups attached to an aromatic ring is 1. The summed E-state index contributed by atoms with van der Waals surface area (Å²) in [6.07, 6.45) is 2.72. The fraction of sp³-hybridized carbons (Fsp3) is 0.214. The number of nitrogens with zero attached hydrogens (tertiary/aromatic N) is 1. The Labute approximate surface area is 117 Å². The topological polar surface area (TPSA) is 85.1 Å². The summed E-state index contributed by atoms with van der Waals surface area (Å²) in [4.78, 5) is 3.96. The minimum absolute atomic E-state index is 0.102. The molecule has 104 valence electrons. The van der Waals surface area contributed by atoms with Crippen LogP contribution in [-0.4, -0.2) is 19.4 Å². The number of benzene rings is 1. The number of fused-ring (bicyclic) bond motifs is 1. The van der Waals surface area contributed by atoms with Crippen molar-refractivity contribution in [3.05, 3.63) is 53.7 Å². The number of rotatable bonds is 3. The van der Waals surface area contributed by atoms with E-state index in [1.807, 2.05) is 24.3 Å². The molecule has 0 aliphatic heterocycles. The number of hydrogen-bond donors (Lipinski definition) is 2. The third kappa shape index (κ3) is 2.52. The van der Waals surface area contributed by atoms with Gasteiger partial charge in [0.25, 0.3) is 0 Å². The van der Waals surface area contributed by atoms with Gasteiger partial charge in [0.2, 0.25) is 10.0 Å². The molecule has 1 heterocycles. The van der Waals surface area contributed by atoms with Crippen molar-refractivity contribution in [1.82, 2.24) is 9.71 Å². The van der Waals surface area contributed by atoms with Crippen molar-refractivity contribution in [2.24, 2.45) is 0 Å². The summed E-state index contributed by atoms with van der Waals surface area (Å²) < 4.78 is 27.2. The maximum Gasteiger partial charge on any atom is 0.242 e. The van der Waals surface area contributed by atoms with Gasteiger partial charge in [-0.2, -0.15) is 0 Å². The molecule has 3 N–H and O–H groups in total. The molecular weight excluding hydrogens is 274 g/mol. The van der Waals surface area contributed by atoms with E-state index >= 15 is 0 Å². The van der Waals surface area contributed by atoms with Crippen molar-refractivity contribution in [2.45, 2.75) is 23.8 Å². The first-order valence-corrected chi connectivity index (χ1v) is 7.83. The number of pyridine rings is 1. The molecule has 1 aliphatic rings. The maximum absolute atomic E-state index is 12.3. The first-order chi connectivity index (χ1) is 9.54. The van der Waals surface area contributed by atoms with Gasteiger partial charge < -0.3 is 5.73 Å². The van der Waals surface area contributed by atoms with Crippen LogP contribution in [0.15, 0.2) is 47.5 Å². The van der Waals surface area contributed by atoms with Crippen LogP contribution in [0, 0.1) is 0 Å². The van der Waals surface area contributed by atoms with Crippen LogP contribution >= 0.6 is 0 Å². The predicted octanol–water partition coefficient (Wildman–Crippen LogP) is 1.11. The highest BCUT2D eigenvalue weighted by molar-refractivity contribution is 7.89. The van der Waals surface area contributed by atoms with Crippen molar-refractivity contribution in [3.8, 4) is 0 Å². The second-order valence-electron chi connectivity index (χ2n) is 4.91. The Morgan fingerprint density at radius 1 is 1.10 bits per heavy atom. The molecule has 0 radical (unpaired) electrons. The van der Waals surface area contributed by atoms with E-state index < -0.39 is 10.0 Å². The molecule has 2 aromatic rings. The van der Waals surface area contributed by atoms with E-state index in [2.05, 4.69) is 9.71 Å². The van der Waals surface area contributed by atoms with Crippen molar-refractivity contribution in [2.75, 3.05) is 5.73 Å². The zero-order valence-electron chi connectivity index (χ0n) is 10.8. The SMILES string of the molecule is Nc1ccc(S(=O)(=O)NC2Cc3ccccc3C2)cn1. The van der Waals surface area contributed by atoms with Crippen LogP contribution in [0.1, 0.15) is 11.1 Å². The first-order valence-electron chi connectivity index (χ1n) is 6.35. The molecule has 0 saturated carbocycles. The number of sulfonamides is 1. The Bertz CT molecular complexity index is 701. The molecule has 1 aromatic heterocycles. The van der Waals surface area contributed by atoms with Crippen LogP contribution < -0.4 is 10.5 Å². The fourth-order valence-corrected chi connectivity index (χ4v) is 3.66. The number of anilines is 1. The Balaban J connectivity index is 1.77. The summed E-state index contributed by atoms with van der Waals surface area (Å²) in [5, 5.41) is 0. The third-order valence-electron chi connectivity index (χ3n) is 3.44.